The first kappa shape index (κ1) is 81.9. The normalized spacial score (nSPS) is 28.6. The van der Waals surface area contributed by atoms with Crippen LogP contribution in [0.15, 0.2) is 146 Å². The Kier molecular flexibility index (Phi) is 47.1. The molecule has 3 saturated heterocycles. The van der Waals surface area contributed by atoms with Crippen molar-refractivity contribution in [2.45, 2.75) is 279 Å². The minimum absolute atomic E-state index is 0.210. The van der Waals surface area contributed by atoms with Gasteiger partial charge in [-0.15, -0.1) is 0 Å². The summed E-state index contributed by atoms with van der Waals surface area (Å²) in [4.78, 5) is 13.3. The molecule has 12 N–H and O–H groups in total. The average Bonchev–Trinajstić information content (AvgIpc) is 0.830. The van der Waals surface area contributed by atoms with Crippen LogP contribution in [0.25, 0.3) is 0 Å². The molecule has 19 nitrogen and oxygen atoms in total. The fourth-order valence-corrected chi connectivity index (χ4v) is 10.4. The van der Waals surface area contributed by atoms with Gasteiger partial charge in [0, 0.05) is 6.42 Å². The second-order valence-corrected chi connectivity index (χ2v) is 23.6. The Morgan fingerprint density at radius 2 is 0.750 bits per heavy atom. The Morgan fingerprint density at radius 1 is 0.402 bits per heavy atom. The lowest BCUT2D eigenvalue weighted by atomic mass is 9.96. The minimum Gasteiger partial charge on any atom is -0.394 e. The summed E-state index contributed by atoms with van der Waals surface area (Å²) in [7, 11) is 0. The molecule has 17 atom stereocenters. The zero-order chi connectivity index (χ0) is 66.8. The number of rotatable bonds is 49. The fourth-order valence-electron chi connectivity index (χ4n) is 10.4. The van der Waals surface area contributed by atoms with E-state index in [2.05, 4.69) is 153 Å². The van der Waals surface area contributed by atoms with Crippen LogP contribution in [0.1, 0.15) is 174 Å². The Bertz CT molecular complexity index is 2240. The quantitative estimate of drug-likeness (QED) is 0.0200. The highest BCUT2D eigenvalue weighted by molar-refractivity contribution is 5.76. The van der Waals surface area contributed by atoms with Crippen LogP contribution in [0.3, 0.4) is 0 Å². The third-order valence-electron chi connectivity index (χ3n) is 15.9. The number of carbonyl (C=O) groups is 1. The number of amides is 1. The summed E-state index contributed by atoms with van der Waals surface area (Å²) in [6.07, 6.45) is 48.7. The number of aliphatic hydroxyl groups excluding tert-OH is 11. The van der Waals surface area contributed by atoms with Gasteiger partial charge in [-0.2, -0.15) is 0 Å². The van der Waals surface area contributed by atoms with Crippen molar-refractivity contribution in [3.63, 3.8) is 0 Å². The summed E-state index contributed by atoms with van der Waals surface area (Å²) < 4.78 is 34.2. The molecule has 0 radical (unpaired) electrons. The van der Waals surface area contributed by atoms with Crippen LogP contribution in [0.4, 0.5) is 0 Å². The Labute approximate surface area is 549 Å². The molecule has 0 saturated carbocycles. The number of allylic oxidation sites excluding steroid dienone is 23. The number of unbranched alkanes of at least 4 members (excludes halogenated alkanes) is 11. The lowest BCUT2D eigenvalue weighted by Gasteiger charge is -2.48. The SMILES string of the molecule is CC/C=C\C/C=C\C/C=C\C/C=C\C/C=C\C/C=C\C/C=C\C/C=C\C/C=C\C/C=C\C/C=C\CCCCCCCC(=O)NC(COC1OC(CO)C(OC2OC(CO)C(OC3OC(CO)C(O)C(O)C3O)C(O)C2O)C(O)C1O)C(O)/C=C/CCCCCCCC. The van der Waals surface area contributed by atoms with Gasteiger partial charge in [0.2, 0.25) is 5.91 Å². The smallest absolute Gasteiger partial charge is 0.220 e. The van der Waals surface area contributed by atoms with Crippen LogP contribution in [0.5, 0.6) is 0 Å². The zero-order valence-corrected chi connectivity index (χ0v) is 55.0. The molecule has 0 spiro atoms. The molecule has 19 heteroatoms. The van der Waals surface area contributed by atoms with E-state index in [-0.39, 0.29) is 18.9 Å². The van der Waals surface area contributed by atoms with Gasteiger partial charge in [-0.05, 0) is 103 Å². The van der Waals surface area contributed by atoms with E-state index in [1.54, 1.807) is 6.08 Å². The highest BCUT2D eigenvalue weighted by atomic mass is 16.8. The van der Waals surface area contributed by atoms with Gasteiger partial charge in [0.15, 0.2) is 18.9 Å². The van der Waals surface area contributed by atoms with Crippen molar-refractivity contribution >= 4 is 5.91 Å². The van der Waals surface area contributed by atoms with Crippen LogP contribution < -0.4 is 5.32 Å². The van der Waals surface area contributed by atoms with Gasteiger partial charge >= 0.3 is 0 Å². The van der Waals surface area contributed by atoms with Crippen LogP contribution in [-0.4, -0.2) is 193 Å². The summed E-state index contributed by atoms with van der Waals surface area (Å²) in [6.45, 7) is 1.50. The molecule has 0 aromatic carbocycles. The molecule has 17 unspecified atom stereocenters. The van der Waals surface area contributed by atoms with Crippen molar-refractivity contribution < 1.29 is 89.4 Å². The molecule has 0 bridgehead atoms. The monoisotopic (exact) mass is 1300 g/mol. The van der Waals surface area contributed by atoms with Gasteiger partial charge in [0.1, 0.15) is 73.2 Å². The lowest BCUT2D eigenvalue weighted by molar-refractivity contribution is -0.379. The highest BCUT2D eigenvalue weighted by Crippen LogP contribution is 2.33. The molecule has 1 amide bonds. The molecule has 0 aromatic heterocycles. The molecule has 3 heterocycles. The lowest BCUT2D eigenvalue weighted by Crippen LogP contribution is -2.66. The molecular weight excluding hydrogens is 1180 g/mol. The van der Waals surface area contributed by atoms with Gasteiger partial charge in [-0.25, -0.2) is 0 Å². The molecule has 3 aliphatic rings. The summed E-state index contributed by atoms with van der Waals surface area (Å²) in [5.41, 5.74) is 0. The molecule has 522 valence electrons. The van der Waals surface area contributed by atoms with Crippen LogP contribution in [0.2, 0.25) is 0 Å². The van der Waals surface area contributed by atoms with Crippen LogP contribution >= 0.6 is 0 Å². The number of carbonyl (C=O) groups excluding carboxylic acids is 1. The predicted molar refractivity (Wildman–Crippen MR) is 359 cm³/mol. The second kappa shape index (κ2) is 52.9. The summed E-state index contributed by atoms with van der Waals surface area (Å²) >= 11 is 0. The van der Waals surface area contributed by atoms with E-state index >= 15 is 0 Å². The van der Waals surface area contributed by atoms with Crippen molar-refractivity contribution in [1.29, 1.82) is 0 Å². The molecular formula is C73H117NO18. The van der Waals surface area contributed by atoms with E-state index in [0.29, 0.717) is 6.42 Å². The molecule has 3 rings (SSSR count). The topological polar surface area (TPSA) is 307 Å². The van der Waals surface area contributed by atoms with Gasteiger partial charge < -0.3 is 89.9 Å². The molecule has 3 aliphatic heterocycles. The summed E-state index contributed by atoms with van der Waals surface area (Å²) in [5, 5.41) is 120. The zero-order valence-electron chi connectivity index (χ0n) is 55.0. The largest absolute Gasteiger partial charge is 0.394 e. The van der Waals surface area contributed by atoms with Gasteiger partial charge in [-0.1, -0.05) is 211 Å². The van der Waals surface area contributed by atoms with Gasteiger partial charge in [-0.3, -0.25) is 4.79 Å². The number of aliphatic hydroxyl groups is 11. The third kappa shape index (κ3) is 34.4. The molecule has 0 aliphatic carbocycles. The predicted octanol–water partition coefficient (Wildman–Crippen LogP) is 8.76. The average molecular weight is 1300 g/mol. The third-order valence-corrected chi connectivity index (χ3v) is 15.9. The number of nitrogens with one attached hydrogen (secondary N) is 1. The molecule has 0 aromatic rings. The Morgan fingerprint density at radius 3 is 1.17 bits per heavy atom. The van der Waals surface area contributed by atoms with Crippen LogP contribution in [0, 0.1) is 0 Å². The Balaban J connectivity index is 1.33. The number of ether oxygens (including phenoxy) is 6. The number of hydrogen-bond donors (Lipinski definition) is 12. The molecule has 92 heavy (non-hydrogen) atoms. The first-order valence-electron chi connectivity index (χ1n) is 34.1. The molecule has 3 fully saturated rings. The van der Waals surface area contributed by atoms with E-state index in [1.807, 2.05) is 6.08 Å². The summed E-state index contributed by atoms with van der Waals surface area (Å²) in [5.74, 6) is -0.306. The van der Waals surface area contributed by atoms with Crippen molar-refractivity contribution in [1.82, 2.24) is 5.32 Å². The second-order valence-electron chi connectivity index (χ2n) is 23.6. The van der Waals surface area contributed by atoms with E-state index in [0.717, 1.165) is 135 Å². The Hall–Kier alpha value is -4.33. The summed E-state index contributed by atoms with van der Waals surface area (Å²) in [6, 6.07) is -0.992. The van der Waals surface area contributed by atoms with Crippen molar-refractivity contribution in [3.8, 4) is 0 Å². The van der Waals surface area contributed by atoms with Crippen LogP contribution in [-0.2, 0) is 33.2 Å². The van der Waals surface area contributed by atoms with Crippen molar-refractivity contribution in [3.05, 3.63) is 146 Å². The maximum absolute atomic E-state index is 13.3. The van der Waals surface area contributed by atoms with Gasteiger partial charge in [0.25, 0.3) is 0 Å². The van der Waals surface area contributed by atoms with E-state index < -0.39 is 124 Å². The first-order chi connectivity index (χ1) is 44.8. The highest BCUT2D eigenvalue weighted by Gasteiger charge is 2.53. The minimum atomic E-state index is -1.99. The van der Waals surface area contributed by atoms with E-state index in [4.69, 9.17) is 28.4 Å². The van der Waals surface area contributed by atoms with Gasteiger partial charge in [0.05, 0.1) is 38.6 Å². The number of hydrogen-bond acceptors (Lipinski definition) is 18. The van der Waals surface area contributed by atoms with Crippen molar-refractivity contribution in [2.75, 3.05) is 26.4 Å². The standard InChI is InChI=1S/C73H117NO18/c1-3-5-7-9-11-13-14-15-16-17-18-19-20-21-22-23-24-25-26-27-28-29-30-31-32-33-34-35-36-37-38-39-40-41-42-43-45-47-49-51-61(79)74-56(57(78)50-48-46-44-12-10-8-6-4-2)55-87-71-67(85)64(82)69(59(53-76)89-71)92-73-68(86)65(83)70(60(54-77)90-73)91-72-66(84)63(81)62(80)58(52-75)88-72/h5,7,11,13,15-16,18-19,21-22,24-25,27-28,30-31,33-34,36-37,39-40,48,50,56-60,62-73,75-78,80-86H,3-4,6,8-10,12,14,17,20,23,26,29,32,35,38,41-47,49,51-55H2,1-2H3,(H,74,79)/b7-5-,13-11-,16-15-,19-18-,22-21-,25-24-,28-27-,31-30-,34-33-,37-36-,40-39-,50-48+. The maximum atomic E-state index is 13.3. The van der Waals surface area contributed by atoms with Crippen molar-refractivity contribution in [2.24, 2.45) is 0 Å². The van der Waals surface area contributed by atoms with E-state index in [1.165, 1.54) is 12.8 Å². The maximum Gasteiger partial charge on any atom is 0.220 e. The first-order valence-corrected chi connectivity index (χ1v) is 34.1. The fraction of sp³-hybridized carbons (Fsp3) is 0.658. The van der Waals surface area contributed by atoms with E-state index in [9.17, 15) is 61.0 Å².